The molecule has 0 radical (unpaired) electrons. The lowest BCUT2D eigenvalue weighted by molar-refractivity contribution is 0.574. The number of imidazole rings is 1. The maximum absolute atomic E-state index is 12.8. The van der Waals surface area contributed by atoms with Crippen molar-refractivity contribution in [3.8, 4) is 0 Å². The van der Waals surface area contributed by atoms with Crippen LogP contribution in [-0.2, 0) is 36.0 Å². The molecule has 0 aliphatic heterocycles. The van der Waals surface area contributed by atoms with Gasteiger partial charge in [-0.25, -0.2) is 18.1 Å². The zero-order chi connectivity index (χ0) is 21.0. The Bertz CT molecular complexity index is 1230. The Morgan fingerprint density at radius 3 is 2.30 bits per heavy atom. The lowest BCUT2D eigenvalue weighted by Crippen LogP contribution is -2.25. The fourth-order valence-corrected chi connectivity index (χ4v) is 4.52. The second-order valence-electron chi connectivity index (χ2n) is 7.23. The monoisotopic (exact) mass is 419 g/mol. The topological polar surface area (TPSA) is 64.0 Å². The fourth-order valence-electron chi connectivity index (χ4n) is 3.54. The zero-order valence-corrected chi connectivity index (χ0v) is 17.8. The SMILES string of the molecule is CCc1ccc(S(=O)(=O)NCc2nc3ccccc3n2CCc2ccccc2)cc1. The lowest BCUT2D eigenvalue weighted by atomic mass is 10.1. The number of fused-ring (bicyclic) bond motifs is 1. The molecule has 154 valence electrons. The van der Waals surface area contributed by atoms with E-state index in [-0.39, 0.29) is 11.4 Å². The molecule has 0 aliphatic carbocycles. The van der Waals surface area contributed by atoms with Gasteiger partial charge in [-0.2, -0.15) is 0 Å². The predicted molar refractivity (Wildman–Crippen MR) is 120 cm³/mol. The Labute approximate surface area is 177 Å². The van der Waals surface area contributed by atoms with Crippen molar-refractivity contribution in [2.24, 2.45) is 0 Å². The summed E-state index contributed by atoms with van der Waals surface area (Å²) < 4.78 is 30.3. The summed E-state index contributed by atoms with van der Waals surface area (Å²) in [4.78, 5) is 4.96. The number of sulfonamides is 1. The second kappa shape index (κ2) is 8.81. The van der Waals surface area contributed by atoms with Crippen LogP contribution in [0, 0.1) is 0 Å². The van der Waals surface area contributed by atoms with E-state index in [4.69, 9.17) is 0 Å². The standard InChI is InChI=1S/C24H25N3O2S/c1-2-19-12-14-21(15-13-19)30(28,29)25-18-24-26-22-10-6-7-11-23(22)27(24)17-16-20-8-4-3-5-9-20/h3-15,25H,2,16-18H2,1H3. The number of aryl methyl sites for hydroxylation is 3. The van der Waals surface area contributed by atoms with Crippen LogP contribution in [0.3, 0.4) is 0 Å². The van der Waals surface area contributed by atoms with Gasteiger partial charge in [0.1, 0.15) is 5.82 Å². The molecule has 0 atom stereocenters. The number of aromatic nitrogens is 2. The van der Waals surface area contributed by atoms with Crippen molar-refractivity contribution in [2.75, 3.05) is 0 Å². The van der Waals surface area contributed by atoms with Gasteiger partial charge in [0, 0.05) is 6.54 Å². The lowest BCUT2D eigenvalue weighted by Gasteiger charge is -2.11. The van der Waals surface area contributed by atoms with Gasteiger partial charge in [-0.05, 0) is 48.2 Å². The Morgan fingerprint density at radius 1 is 0.867 bits per heavy atom. The van der Waals surface area contributed by atoms with Crippen molar-refractivity contribution in [2.45, 2.75) is 37.8 Å². The second-order valence-corrected chi connectivity index (χ2v) is 8.99. The molecule has 3 aromatic carbocycles. The van der Waals surface area contributed by atoms with E-state index in [9.17, 15) is 8.42 Å². The maximum Gasteiger partial charge on any atom is 0.240 e. The summed E-state index contributed by atoms with van der Waals surface area (Å²) in [6.07, 6.45) is 1.72. The van der Waals surface area contributed by atoms with Crippen LogP contribution in [-0.4, -0.2) is 18.0 Å². The van der Waals surface area contributed by atoms with Crippen LogP contribution >= 0.6 is 0 Å². The molecule has 0 amide bonds. The molecule has 0 saturated heterocycles. The van der Waals surface area contributed by atoms with Gasteiger partial charge in [-0.15, -0.1) is 0 Å². The minimum absolute atomic E-state index is 0.140. The average Bonchev–Trinajstić information content (AvgIpc) is 3.14. The molecule has 0 spiro atoms. The summed E-state index contributed by atoms with van der Waals surface area (Å²) in [5.41, 5.74) is 4.22. The van der Waals surface area contributed by atoms with Gasteiger partial charge in [-0.1, -0.05) is 61.5 Å². The number of para-hydroxylation sites is 2. The summed E-state index contributed by atoms with van der Waals surface area (Å²) in [6, 6.07) is 25.2. The third kappa shape index (κ3) is 4.45. The molecule has 1 aromatic heterocycles. The number of hydrogen-bond donors (Lipinski definition) is 1. The molecular formula is C24H25N3O2S. The maximum atomic E-state index is 12.8. The van der Waals surface area contributed by atoms with Crippen LogP contribution in [0.4, 0.5) is 0 Å². The molecule has 0 saturated carbocycles. The van der Waals surface area contributed by atoms with Crippen LogP contribution < -0.4 is 4.72 Å². The molecule has 0 aliphatic rings. The summed E-state index contributed by atoms with van der Waals surface area (Å²) in [5.74, 6) is 0.709. The van der Waals surface area contributed by atoms with E-state index in [1.807, 2.05) is 61.5 Å². The third-order valence-electron chi connectivity index (χ3n) is 5.26. The molecule has 5 nitrogen and oxygen atoms in total. The van der Waals surface area contributed by atoms with E-state index in [0.29, 0.717) is 5.82 Å². The predicted octanol–water partition coefficient (Wildman–Crippen LogP) is 4.32. The summed E-state index contributed by atoms with van der Waals surface area (Å²) >= 11 is 0. The van der Waals surface area contributed by atoms with E-state index in [0.717, 1.165) is 36.0 Å². The highest BCUT2D eigenvalue weighted by Gasteiger charge is 2.17. The van der Waals surface area contributed by atoms with Crippen LogP contribution in [0.2, 0.25) is 0 Å². The summed E-state index contributed by atoms with van der Waals surface area (Å²) in [7, 11) is -3.61. The number of rotatable bonds is 8. The normalized spacial score (nSPS) is 11.8. The Morgan fingerprint density at radius 2 is 1.57 bits per heavy atom. The van der Waals surface area contributed by atoms with Gasteiger partial charge in [0.2, 0.25) is 10.0 Å². The van der Waals surface area contributed by atoms with Crippen molar-refractivity contribution in [3.63, 3.8) is 0 Å². The molecule has 0 unspecified atom stereocenters. The Balaban J connectivity index is 1.57. The van der Waals surface area contributed by atoms with Crippen molar-refractivity contribution < 1.29 is 8.42 Å². The molecule has 0 bridgehead atoms. The molecular weight excluding hydrogens is 394 g/mol. The van der Waals surface area contributed by atoms with Crippen LogP contribution in [0.1, 0.15) is 23.9 Å². The van der Waals surface area contributed by atoms with Crippen LogP contribution in [0.15, 0.2) is 83.8 Å². The highest BCUT2D eigenvalue weighted by molar-refractivity contribution is 7.89. The fraction of sp³-hybridized carbons (Fsp3) is 0.208. The minimum atomic E-state index is -3.61. The number of hydrogen-bond acceptors (Lipinski definition) is 3. The molecule has 4 rings (SSSR count). The first-order chi connectivity index (χ1) is 14.6. The summed E-state index contributed by atoms with van der Waals surface area (Å²) in [5, 5.41) is 0. The van der Waals surface area contributed by atoms with Crippen LogP contribution in [0.5, 0.6) is 0 Å². The van der Waals surface area contributed by atoms with Crippen LogP contribution in [0.25, 0.3) is 11.0 Å². The molecule has 1 N–H and O–H groups in total. The third-order valence-corrected chi connectivity index (χ3v) is 6.68. The molecule has 0 fully saturated rings. The van der Waals surface area contributed by atoms with E-state index in [2.05, 4.69) is 26.4 Å². The Hall–Kier alpha value is -2.96. The highest BCUT2D eigenvalue weighted by Crippen LogP contribution is 2.18. The van der Waals surface area contributed by atoms with Gasteiger partial charge in [0.15, 0.2) is 0 Å². The molecule has 1 heterocycles. The number of benzene rings is 3. The first-order valence-electron chi connectivity index (χ1n) is 10.1. The van der Waals surface area contributed by atoms with Crippen molar-refractivity contribution in [3.05, 3.63) is 95.8 Å². The van der Waals surface area contributed by atoms with Gasteiger partial charge < -0.3 is 4.57 Å². The van der Waals surface area contributed by atoms with E-state index < -0.39 is 10.0 Å². The highest BCUT2D eigenvalue weighted by atomic mass is 32.2. The van der Waals surface area contributed by atoms with Gasteiger partial charge in [-0.3, -0.25) is 0 Å². The number of nitrogens with one attached hydrogen (secondary N) is 1. The smallest absolute Gasteiger partial charge is 0.240 e. The minimum Gasteiger partial charge on any atom is -0.327 e. The van der Waals surface area contributed by atoms with Gasteiger partial charge >= 0.3 is 0 Å². The largest absolute Gasteiger partial charge is 0.327 e. The van der Waals surface area contributed by atoms with E-state index in [1.54, 1.807) is 12.1 Å². The van der Waals surface area contributed by atoms with Crippen molar-refractivity contribution >= 4 is 21.1 Å². The first-order valence-corrected chi connectivity index (χ1v) is 11.6. The Kier molecular flexibility index (Phi) is 5.97. The zero-order valence-electron chi connectivity index (χ0n) is 17.0. The quantitative estimate of drug-likeness (QED) is 0.463. The first kappa shape index (κ1) is 20.3. The molecule has 30 heavy (non-hydrogen) atoms. The summed E-state index contributed by atoms with van der Waals surface area (Å²) in [6.45, 7) is 2.91. The average molecular weight is 420 g/mol. The van der Waals surface area contributed by atoms with Gasteiger partial charge in [0.25, 0.3) is 0 Å². The van der Waals surface area contributed by atoms with E-state index in [1.165, 1.54) is 5.56 Å². The number of nitrogens with zero attached hydrogens (tertiary/aromatic N) is 2. The van der Waals surface area contributed by atoms with Crippen molar-refractivity contribution in [1.82, 2.24) is 14.3 Å². The molecule has 6 heteroatoms. The van der Waals surface area contributed by atoms with Gasteiger partial charge in [0.05, 0.1) is 22.5 Å². The molecule has 4 aromatic rings. The van der Waals surface area contributed by atoms with Crippen molar-refractivity contribution in [1.29, 1.82) is 0 Å². The van der Waals surface area contributed by atoms with E-state index >= 15 is 0 Å².